The van der Waals surface area contributed by atoms with E-state index in [1.807, 2.05) is 25.3 Å². The second kappa shape index (κ2) is 6.91. The van der Waals surface area contributed by atoms with Crippen LogP contribution in [-0.2, 0) is 4.79 Å². The maximum Gasteiger partial charge on any atom is 0.226 e. The molecule has 0 bridgehead atoms. The molecule has 0 unspecified atom stereocenters. The molecule has 2 aromatic rings. The average molecular weight is 325 g/mol. The minimum absolute atomic E-state index is 0.0151. The summed E-state index contributed by atoms with van der Waals surface area (Å²) in [5.41, 5.74) is 1.67. The van der Waals surface area contributed by atoms with E-state index in [1.165, 1.54) is 11.3 Å². The average Bonchev–Trinajstić information content (AvgIpc) is 2.86. The molecule has 0 saturated heterocycles. The molecule has 21 heavy (non-hydrogen) atoms. The Morgan fingerprint density at radius 1 is 1.48 bits per heavy atom. The molecule has 2 rings (SSSR count). The quantitative estimate of drug-likeness (QED) is 0.883. The number of methoxy groups -OCH3 is 1. The van der Waals surface area contributed by atoms with Crippen molar-refractivity contribution in [2.45, 2.75) is 20.3 Å². The van der Waals surface area contributed by atoms with Gasteiger partial charge in [-0.25, -0.2) is 4.98 Å². The van der Waals surface area contributed by atoms with Gasteiger partial charge in [-0.1, -0.05) is 25.4 Å². The van der Waals surface area contributed by atoms with E-state index in [9.17, 15) is 4.79 Å². The molecular weight excluding hydrogens is 308 g/mol. The van der Waals surface area contributed by atoms with Gasteiger partial charge in [0.25, 0.3) is 0 Å². The molecule has 6 heteroatoms. The third-order valence-corrected chi connectivity index (χ3v) is 3.84. The van der Waals surface area contributed by atoms with Crippen molar-refractivity contribution >= 4 is 34.0 Å². The fourth-order valence-corrected chi connectivity index (χ4v) is 2.82. The predicted molar refractivity (Wildman–Crippen MR) is 87.2 cm³/mol. The van der Waals surface area contributed by atoms with Crippen molar-refractivity contribution in [2.75, 3.05) is 12.4 Å². The Morgan fingerprint density at radius 3 is 2.86 bits per heavy atom. The predicted octanol–water partition coefficient (Wildman–Crippen LogP) is 4.46. The van der Waals surface area contributed by atoms with Gasteiger partial charge >= 0.3 is 0 Å². The first kappa shape index (κ1) is 15.8. The van der Waals surface area contributed by atoms with Crippen LogP contribution in [-0.4, -0.2) is 18.0 Å². The molecule has 4 nitrogen and oxygen atoms in total. The SMILES string of the molecule is COc1ccc(-c2csc(NC(=O)CC(C)C)n2)cc1Cl. The highest BCUT2D eigenvalue weighted by Crippen LogP contribution is 2.31. The summed E-state index contributed by atoms with van der Waals surface area (Å²) in [5.74, 6) is 0.935. The van der Waals surface area contributed by atoms with Crippen LogP contribution in [0.3, 0.4) is 0 Å². The number of nitrogens with zero attached hydrogens (tertiary/aromatic N) is 1. The van der Waals surface area contributed by atoms with E-state index in [2.05, 4.69) is 10.3 Å². The van der Waals surface area contributed by atoms with Crippen LogP contribution >= 0.6 is 22.9 Å². The number of thiazole rings is 1. The number of carbonyl (C=O) groups excluding carboxylic acids is 1. The molecular formula is C15H17ClN2O2S. The van der Waals surface area contributed by atoms with Crippen LogP contribution in [0, 0.1) is 5.92 Å². The minimum atomic E-state index is -0.0151. The van der Waals surface area contributed by atoms with E-state index < -0.39 is 0 Å². The van der Waals surface area contributed by atoms with Crippen molar-refractivity contribution in [1.82, 2.24) is 4.98 Å². The summed E-state index contributed by atoms with van der Waals surface area (Å²) in [6, 6.07) is 5.49. The number of hydrogen-bond donors (Lipinski definition) is 1. The molecule has 1 amide bonds. The molecule has 0 aliphatic rings. The third-order valence-electron chi connectivity index (χ3n) is 2.79. The first-order valence-corrected chi connectivity index (χ1v) is 7.84. The molecule has 1 N–H and O–H groups in total. The van der Waals surface area contributed by atoms with Crippen LogP contribution in [0.1, 0.15) is 20.3 Å². The molecule has 0 aliphatic heterocycles. The van der Waals surface area contributed by atoms with E-state index in [0.29, 0.717) is 28.2 Å². The first-order valence-electron chi connectivity index (χ1n) is 6.59. The molecule has 1 aromatic carbocycles. The van der Waals surface area contributed by atoms with Crippen molar-refractivity contribution < 1.29 is 9.53 Å². The molecule has 0 aliphatic carbocycles. The van der Waals surface area contributed by atoms with Gasteiger partial charge in [-0.2, -0.15) is 0 Å². The molecule has 0 saturated carbocycles. The van der Waals surface area contributed by atoms with Crippen LogP contribution in [0.25, 0.3) is 11.3 Å². The summed E-state index contributed by atoms with van der Waals surface area (Å²) in [4.78, 5) is 16.1. The van der Waals surface area contributed by atoms with Gasteiger partial charge in [0.05, 0.1) is 17.8 Å². The fraction of sp³-hybridized carbons (Fsp3) is 0.333. The maximum absolute atomic E-state index is 11.7. The number of benzene rings is 1. The van der Waals surface area contributed by atoms with Crippen LogP contribution in [0.15, 0.2) is 23.6 Å². The Kier molecular flexibility index (Phi) is 5.20. The number of ether oxygens (including phenoxy) is 1. The van der Waals surface area contributed by atoms with Crippen molar-refractivity contribution in [2.24, 2.45) is 5.92 Å². The van der Waals surface area contributed by atoms with Gasteiger partial charge in [-0.3, -0.25) is 4.79 Å². The van der Waals surface area contributed by atoms with Crippen molar-refractivity contribution in [3.05, 3.63) is 28.6 Å². The van der Waals surface area contributed by atoms with Crippen LogP contribution in [0.5, 0.6) is 5.75 Å². The van der Waals surface area contributed by atoms with E-state index in [1.54, 1.807) is 19.2 Å². The zero-order valence-electron chi connectivity index (χ0n) is 12.1. The van der Waals surface area contributed by atoms with E-state index >= 15 is 0 Å². The van der Waals surface area contributed by atoms with Crippen molar-refractivity contribution in [3.63, 3.8) is 0 Å². The normalized spacial score (nSPS) is 10.7. The smallest absolute Gasteiger partial charge is 0.226 e. The summed E-state index contributed by atoms with van der Waals surface area (Å²) in [5, 5.41) is 5.84. The Labute approximate surface area is 133 Å². The van der Waals surface area contributed by atoms with Gasteiger partial charge in [0.2, 0.25) is 5.91 Å². The zero-order valence-corrected chi connectivity index (χ0v) is 13.7. The summed E-state index contributed by atoms with van der Waals surface area (Å²) in [7, 11) is 1.58. The lowest BCUT2D eigenvalue weighted by molar-refractivity contribution is -0.116. The number of hydrogen-bond acceptors (Lipinski definition) is 4. The molecule has 0 fully saturated rings. The highest BCUT2D eigenvalue weighted by atomic mass is 35.5. The molecule has 0 spiro atoms. The number of anilines is 1. The fourth-order valence-electron chi connectivity index (χ4n) is 1.83. The third kappa shape index (κ3) is 4.19. The van der Waals surface area contributed by atoms with Gasteiger partial charge in [-0.15, -0.1) is 11.3 Å². The largest absolute Gasteiger partial charge is 0.495 e. The minimum Gasteiger partial charge on any atom is -0.495 e. The molecule has 0 radical (unpaired) electrons. The van der Waals surface area contributed by atoms with Crippen LogP contribution in [0.4, 0.5) is 5.13 Å². The van der Waals surface area contributed by atoms with E-state index in [-0.39, 0.29) is 5.91 Å². The Hall–Kier alpha value is -1.59. The number of halogens is 1. The molecule has 1 aromatic heterocycles. The van der Waals surface area contributed by atoms with Gasteiger partial charge in [0, 0.05) is 17.4 Å². The second-order valence-electron chi connectivity index (χ2n) is 5.03. The van der Waals surface area contributed by atoms with Crippen LogP contribution < -0.4 is 10.1 Å². The zero-order chi connectivity index (χ0) is 15.4. The van der Waals surface area contributed by atoms with Gasteiger partial charge in [0.15, 0.2) is 5.13 Å². The lowest BCUT2D eigenvalue weighted by atomic mass is 10.1. The maximum atomic E-state index is 11.7. The highest BCUT2D eigenvalue weighted by molar-refractivity contribution is 7.14. The lowest BCUT2D eigenvalue weighted by Gasteiger charge is -2.05. The Bertz CT molecular complexity index is 640. The molecule has 0 atom stereocenters. The summed E-state index contributed by atoms with van der Waals surface area (Å²) < 4.78 is 5.12. The van der Waals surface area contributed by atoms with Gasteiger partial charge in [0.1, 0.15) is 5.75 Å². The molecule has 112 valence electrons. The summed E-state index contributed by atoms with van der Waals surface area (Å²) >= 11 is 7.51. The second-order valence-corrected chi connectivity index (χ2v) is 6.30. The number of nitrogens with one attached hydrogen (secondary N) is 1. The van der Waals surface area contributed by atoms with Crippen LogP contribution in [0.2, 0.25) is 5.02 Å². The number of rotatable bonds is 5. The Balaban J connectivity index is 2.12. The van der Waals surface area contributed by atoms with E-state index in [4.69, 9.17) is 16.3 Å². The summed E-state index contributed by atoms with van der Waals surface area (Å²) in [6.07, 6.45) is 0.489. The Morgan fingerprint density at radius 2 is 2.24 bits per heavy atom. The topological polar surface area (TPSA) is 51.2 Å². The summed E-state index contributed by atoms with van der Waals surface area (Å²) in [6.45, 7) is 4.01. The lowest BCUT2D eigenvalue weighted by Crippen LogP contribution is -2.13. The van der Waals surface area contributed by atoms with Gasteiger partial charge < -0.3 is 10.1 Å². The van der Waals surface area contributed by atoms with Crippen molar-refractivity contribution in [3.8, 4) is 17.0 Å². The highest BCUT2D eigenvalue weighted by Gasteiger charge is 2.10. The monoisotopic (exact) mass is 324 g/mol. The standard InChI is InChI=1S/C15H17ClN2O2S/c1-9(2)6-14(19)18-15-17-12(8-21-15)10-4-5-13(20-3)11(16)7-10/h4-5,7-9H,6H2,1-3H3,(H,17,18,19). The first-order chi connectivity index (χ1) is 9.99. The van der Waals surface area contributed by atoms with Gasteiger partial charge in [-0.05, 0) is 24.1 Å². The number of amides is 1. The number of aromatic nitrogens is 1. The van der Waals surface area contributed by atoms with Crippen molar-refractivity contribution in [1.29, 1.82) is 0 Å². The van der Waals surface area contributed by atoms with E-state index in [0.717, 1.165) is 11.3 Å². The number of carbonyl (C=O) groups is 1. The molecule has 1 heterocycles.